The van der Waals surface area contributed by atoms with Gasteiger partial charge >= 0.3 is 0 Å². The van der Waals surface area contributed by atoms with Crippen LogP contribution in [0, 0.1) is 5.92 Å². The van der Waals surface area contributed by atoms with Crippen LogP contribution in [0.15, 0.2) is 24.3 Å². The highest BCUT2D eigenvalue weighted by Crippen LogP contribution is 2.29. The monoisotopic (exact) mass is 276 g/mol. The van der Waals surface area contributed by atoms with Crippen LogP contribution in [0.3, 0.4) is 0 Å². The molecule has 2 atom stereocenters. The summed E-state index contributed by atoms with van der Waals surface area (Å²) in [5.41, 5.74) is 2.85. The van der Waals surface area contributed by atoms with Crippen molar-refractivity contribution < 1.29 is 0 Å². The first-order chi connectivity index (χ1) is 9.67. The summed E-state index contributed by atoms with van der Waals surface area (Å²) in [4.78, 5) is 2.53. The fraction of sp³-hybridized carbons (Fsp3) is 0.667. The molecule has 0 fully saturated rings. The summed E-state index contributed by atoms with van der Waals surface area (Å²) in [5.74, 6) is 0.738. The molecule has 1 N–H and O–H groups in total. The molecule has 0 aliphatic carbocycles. The molecule has 1 rings (SSSR count). The van der Waals surface area contributed by atoms with E-state index in [1.807, 2.05) is 0 Å². The Bertz CT molecular complexity index is 375. The molecule has 0 heterocycles. The highest BCUT2D eigenvalue weighted by molar-refractivity contribution is 5.55. The van der Waals surface area contributed by atoms with Crippen molar-refractivity contribution in [3.05, 3.63) is 29.8 Å². The van der Waals surface area contributed by atoms with E-state index in [0.717, 1.165) is 32.0 Å². The smallest absolute Gasteiger partial charge is 0.0414 e. The Labute approximate surface area is 125 Å². The summed E-state index contributed by atoms with van der Waals surface area (Å²) >= 11 is 0. The standard InChI is InChI=1S/C18H32N2/c1-6-15(5)14-20(9-4)18-13-11-10-12-16(18)17(7-2)19-8-3/h10-13,15,17,19H,6-9,14H2,1-5H3. The predicted octanol–water partition coefficient (Wildman–Crippen LogP) is 4.62. The third-order valence-electron chi connectivity index (χ3n) is 4.12. The van der Waals surface area contributed by atoms with Crippen LogP contribution in [0.4, 0.5) is 5.69 Å². The quantitative estimate of drug-likeness (QED) is 0.708. The highest BCUT2D eigenvalue weighted by atomic mass is 15.1. The van der Waals surface area contributed by atoms with Crippen LogP contribution in [0.1, 0.15) is 59.1 Å². The molecule has 2 heteroatoms. The summed E-state index contributed by atoms with van der Waals surface area (Å²) in [6.07, 6.45) is 2.37. The Kier molecular flexibility index (Phi) is 7.68. The van der Waals surface area contributed by atoms with E-state index in [9.17, 15) is 0 Å². The summed E-state index contributed by atoms with van der Waals surface area (Å²) < 4.78 is 0. The van der Waals surface area contributed by atoms with Crippen molar-refractivity contribution in [1.82, 2.24) is 5.32 Å². The first kappa shape index (κ1) is 17.0. The van der Waals surface area contributed by atoms with Crippen molar-refractivity contribution in [1.29, 1.82) is 0 Å². The van der Waals surface area contributed by atoms with Crippen LogP contribution in [0.25, 0.3) is 0 Å². The van der Waals surface area contributed by atoms with Crippen LogP contribution >= 0.6 is 0 Å². The maximum Gasteiger partial charge on any atom is 0.0414 e. The minimum Gasteiger partial charge on any atom is -0.371 e. The third kappa shape index (κ3) is 4.52. The predicted molar refractivity (Wildman–Crippen MR) is 90.5 cm³/mol. The molecule has 20 heavy (non-hydrogen) atoms. The maximum absolute atomic E-state index is 3.61. The Morgan fingerprint density at radius 1 is 1.05 bits per heavy atom. The average molecular weight is 276 g/mol. The Balaban J connectivity index is 3.02. The van der Waals surface area contributed by atoms with E-state index in [4.69, 9.17) is 0 Å². The molecule has 0 saturated heterocycles. The van der Waals surface area contributed by atoms with Crippen molar-refractivity contribution in [3.8, 4) is 0 Å². The summed E-state index contributed by atoms with van der Waals surface area (Å²) in [5, 5.41) is 3.61. The normalized spacial score (nSPS) is 14.1. The lowest BCUT2D eigenvalue weighted by atomic mass is 10.00. The first-order valence-electron chi connectivity index (χ1n) is 8.24. The Hall–Kier alpha value is -1.02. The molecule has 0 aromatic heterocycles. The number of para-hydroxylation sites is 1. The van der Waals surface area contributed by atoms with E-state index in [2.05, 4.69) is 69.1 Å². The van der Waals surface area contributed by atoms with Gasteiger partial charge in [0, 0.05) is 24.8 Å². The number of nitrogens with one attached hydrogen (secondary N) is 1. The minimum atomic E-state index is 0.460. The van der Waals surface area contributed by atoms with Crippen LogP contribution in [0.2, 0.25) is 0 Å². The number of hydrogen-bond donors (Lipinski definition) is 1. The second-order valence-corrected chi connectivity index (χ2v) is 5.63. The van der Waals surface area contributed by atoms with Crippen LogP contribution < -0.4 is 10.2 Å². The summed E-state index contributed by atoms with van der Waals surface area (Å²) in [7, 11) is 0. The van der Waals surface area contributed by atoms with Crippen LogP contribution in [0.5, 0.6) is 0 Å². The van der Waals surface area contributed by atoms with Gasteiger partial charge in [-0.3, -0.25) is 0 Å². The lowest BCUT2D eigenvalue weighted by Crippen LogP contribution is -2.30. The van der Waals surface area contributed by atoms with Gasteiger partial charge in [0.15, 0.2) is 0 Å². The molecule has 1 aromatic rings. The molecule has 1 aromatic carbocycles. The molecule has 0 amide bonds. The second-order valence-electron chi connectivity index (χ2n) is 5.63. The van der Waals surface area contributed by atoms with E-state index in [1.165, 1.54) is 17.7 Å². The van der Waals surface area contributed by atoms with Gasteiger partial charge in [0.05, 0.1) is 0 Å². The van der Waals surface area contributed by atoms with E-state index in [1.54, 1.807) is 0 Å². The number of rotatable bonds is 9. The van der Waals surface area contributed by atoms with E-state index < -0.39 is 0 Å². The summed E-state index contributed by atoms with van der Waals surface area (Å²) in [6.45, 7) is 14.6. The van der Waals surface area contributed by atoms with Gasteiger partial charge in [-0.1, -0.05) is 52.3 Å². The van der Waals surface area contributed by atoms with Gasteiger partial charge in [-0.15, -0.1) is 0 Å². The molecule has 0 spiro atoms. The first-order valence-corrected chi connectivity index (χ1v) is 8.24. The van der Waals surface area contributed by atoms with Gasteiger partial charge in [-0.25, -0.2) is 0 Å². The fourth-order valence-corrected chi connectivity index (χ4v) is 2.69. The average Bonchev–Trinajstić information content (AvgIpc) is 2.50. The summed E-state index contributed by atoms with van der Waals surface area (Å²) in [6, 6.07) is 9.35. The molecule has 0 aliphatic rings. The van der Waals surface area contributed by atoms with Crippen LogP contribution in [-0.2, 0) is 0 Å². The molecule has 114 valence electrons. The molecule has 2 nitrogen and oxygen atoms in total. The lowest BCUT2D eigenvalue weighted by Gasteiger charge is -2.30. The lowest BCUT2D eigenvalue weighted by molar-refractivity contribution is 0.525. The fourth-order valence-electron chi connectivity index (χ4n) is 2.69. The van der Waals surface area contributed by atoms with Crippen molar-refractivity contribution in [3.63, 3.8) is 0 Å². The molecule has 0 bridgehead atoms. The number of nitrogens with zero attached hydrogens (tertiary/aromatic N) is 1. The Morgan fingerprint density at radius 2 is 1.75 bits per heavy atom. The van der Waals surface area contributed by atoms with Crippen LogP contribution in [-0.4, -0.2) is 19.6 Å². The number of hydrogen-bond acceptors (Lipinski definition) is 2. The molecule has 2 unspecified atom stereocenters. The van der Waals surface area contributed by atoms with E-state index in [0.29, 0.717) is 6.04 Å². The topological polar surface area (TPSA) is 15.3 Å². The van der Waals surface area contributed by atoms with Crippen molar-refractivity contribution in [2.24, 2.45) is 5.92 Å². The maximum atomic E-state index is 3.61. The number of anilines is 1. The van der Waals surface area contributed by atoms with Gasteiger partial charge in [0.2, 0.25) is 0 Å². The van der Waals surface area contributed by atoms with Gasteiger partial charge < -0.3 is 10.2 Å². The van der Waals surface area contributed by atoms with Crippen molar-refractivity contribution in [2.75, 3.05) is 24.5 Å². The van der Waals surface area contributed by atoms with E-state index >= 15 is 0 Å². The van der Waals surface area contributed by atoms with Crippen molar-refractivity contribution >= 4 is 5.69 Å². The number of benzene rings is 1. The second kappa shape index (κ2) is 9.02. The van der Waals surface area contributed by atoms with Gasteiger partial charge in [-0.05, 0) is 37.4 Å². The molecule has 0 aliphatic heterocycles. The minimum absolute atomic E-state index is 0.460. The molecular formula is C18H32N2. The third-order valence-corrected chi connectivity index (χ3v) is 4.12. The van der Waals surface area contributed by atoms with Gasteiger partial charge in [-0.2, -0.15) is 0 Å². The van der Waals surface area contributed by atoms with Gasteiger partial charge in [0.25, 0.3) is 0 Å². The van der Waals surface area contributed by atoms with E-state index in [-0.39, 0.29) is 0 Å². The van der Waals surface area contributed by atoms with Gasteiger partial charge in [0.1, 0.15) is 0 Å². The zero-order valence-corrected chi connectivity index (χ0v) is 13.9. The SMILES string of the molecule is CCNC(CC)c1ccccc1N(CC)CC(C)CC. The molecule has 0 saturated carbocycles. The zero-order chi connectivity index (χ0) is 15.0. The Morgan fingerprint density at radius 3 is 2.30 bits per heavy atom. The largest absolute Gasteiger partial charge is 0.371 e. The molecular weight excluding hydrogens is 244 g/mol. The highest BCUT2D eigenvalue weighted by Gasteiger charge is 2.17. The zero-order valence-electron chi connectivity index (χ0n) is 13.9. The van der Waals surface area contributed by atoms with Crippen molar-refractivity contribution in [2.45, 2.75) is 53.5 Å². The molecule has 0 radical (unpaired) electrons.